The maximum Gasteiger partial charge on any atom is 0.270 e. The van der Waals surface area contributed by atoms with Crippen molar-refractivity contribution in [1.82, 2.24) is 16.0 Å². The van der Waals surface area contributed by atoms with Crippen LogP contribution in [0.4, 0.5) is 0 Å². The van der Waals surface area contributed by atoms with Crippen molar-refractivity contribution in [1.29, 1.82) is 0 Å². The van der Waals surface area contributed by atoms with Crippen molar-refractivity contribution in [2.24, 2.45) is 0 Å². The fourth-order valence-electron chi connectivity index (χ4n) is 2.69. The summed E-state index contributed by atoms with van der Waals surface area (Å²) < 4.78 is 10.5. The Morgan fingerprint density at radius 2 is 2.08 bits per heavy atom. The van der Waals surface area contributed by atoms with Crippen LogP contribution in [0.15, 0.2) is 33.7 Å². The van der Waals surface area contributed by atoms with Crippen LogP contribution in [-0.2, 0) is 15.3 Å². The van der Waals surface area contributed by atoms with E-state index < -0.39 is 6.10 Å². The molecule has 2 N–H and O–H groups in total. The first-order chi connectivity index (χ1) is 12.6. The van der Waals surface area contributed by atoms with E-state index in [1.807, 2.05) is 26.0 Å². The number of amides is 2. The first kappa shape index (κ1) is 18.5. The fourth-order valence-corrected chi connectivity index (χ4v) is 3.89. The van der Waals surface area contributed by atoms with Crippen molar-refractivity contribution in [3.8, 4) is 0 Å². The van der Waals surface area contributed by atoms with Crippen molar-refractivity contribution in [3.63, 3.8) is 0 Å². The molecular weight excluding hydrogens is 354 g/mol. The van der Waals surface area contributed by atoms with E-state index in [1.54, 1.807) is 12.1 Å². The SMILES string of the molecule is Cc1noc(C)c1CSc1ccccc1C(=O)NNC(=O)C1CCCO1. The number of ether oxygens (including phenoxy) is 1. The van der Waals surface area contributed by atoms with Gasteiger partial charge in [0.1, 0.15) is 11.9 Å². The Labute approximate surface area is 155 Å². The highest BCUT2D eigenvalue weighted by Crippen LogP contribution is 2.28. The molecule has 2 amide bonds. The molecule has 138 valence electrons. The number of thioether (sulfide) groups is 1. The summed E-state index contributed by atoms with van der Waals surface area (Å²) in [4.78, 5) is 25.2. The summed E-state index contributed by atoms with van der Waals surface area (Å²) in [5.74, 6) is 0.740. The molecule has 1 fully saturated rings. The number of carbonyl (C=O) groups is 2. The number of aromatic nitrogens is 1. The van der Waals surface area contributed by atoms with Crippen LogP contribution in [0.1, 0.15) is 40.2 Å². The van der Waals surface area contributed by atoms with E-state index in [9.17, 15) is 9.59 Å². The van der Waals surface area contributed by atoms with Crippen LogP contribution >= 0.6 is 11.8 Å². The van der Waals surface area contributed by atoms with Gasteiger partial charge in [-0.15, -0.1) is 11.8 Å². The minimum atomic E-state index is -0.487. The first-order valence-electron chi connectivity index (χ1n) is 8.41. The maximum atomic E-state index is 12.5. The van der Waals surface area contributed by atoms with Crippen LogP contribution in [0, 0.1) is 13.8 Å². The van der Waals surface area contributed by atoms with Gasteiger partial charge in [0.05, 0.1) is 11.3 Å². The maximum absolute atomic E-state index is 12.5. The fraction of sp³-hybridized carbons (Fsp3) is 0.389. The summed E-state index contributed by atoms with van der Waals surface area (Å²) in [6, 6.07) is 7.26. The number of hydrogen-bond acceptors (Lipinski definition) is 6. The molecule has 1 unspecified atom stereocenters. The van der Waals surface area contributed by atoms with E-state index in [0.717, 1.165) is 28.3 Å². The van der Waals surface area contributed by atoms with Gasteiger partial charge in [-0.05, 0) is 38.8 Å². The zero-order chi connectivity index (χ0) is 18.5. The lowest BCUT2D eigenvalue weighted by Crippen LogP contribution is -2.46. The number of rotatable bonds is 5. The van der Waals surface area contributed by atoms with Crippen molar-refractivity contribution in [3.05, 3.63) is 46.8 Å². The minimum Gasteiger partial charge on any atom is -0.368 e. The van der Waals surface area contributed by atoms with Gasteiger partial charge in [-0.25, -0.2) is 0 Å². The molecule has 2 aromatic rings. The predicted octanol–water partition coefficient (Wildman–Crippen LogP) is 2.52. The molecule has 1 aliphatic rings. The molecule has 8 heteroatoms. The van der Waals surface area contributed by atoms with Crippen LogP contribution in [0.2, 0.25) is 0 Å². The predicted molar refractivity (Wildman–Crippen MR) is 96.6 cm³/mol. The van der Waals surface area contributed by atoms with E-state index in [0.29, 0.717) is 24.3 Å². The quantitative estimate of drug-likeness (QED) is 0.616. The van der Waals surface area contributed by atoms with Crippen molar-refractivity contribution >= 4 is 23.6 Å². The summed E-state index contributed by atoms with van der Waals surface area (Å²) in [5.41, 5.74) is 7.28. The van der Waals surface area contributed by atoms with Crippen molar-refractivity contribution in [2.45, 2.75) is 43.4 Å². The van der Waals surface area contributed by atoms with Gasteiger partial charge < -0.3 is 9.26 Å². The van der Waals surface area contributed by atoms with Crippen LogP contribution < -0.4 is 10.9 Å². The second-order valence-electron chi connectivity index (χ2n) is 6.03. The molecule has 1 aliphatic heterocycles. The Morgan fingerprint density at radius 3 is 2.77 bits per heavy atom. The Morgan fingerprint density at radius 1 is 1.27 bits per heavy atom. The Balaban J connectivity index is 1.62. The van der Waals surface area contributed by atoms with Gasteiger partial charge in [0.25, 0.3) is 11.8 Å². The molecule has 7 nitrogen and oxygen atoms in total. The monoisotopic (exact) mass is 375 g/mol. The number of nitrogens with zero attached hydrogens (tertiary/aromatic N) is 1. The number of carbonyl (C=O) groups excluding carboxylic acids is 2. The largest absolute Gasteiger partial charge is 0.368 e. The highest BCUT2D eigenvalue weighted by atomic mass is 32.2. The number of aryl methyl sites for hydroxylation is 2. The van der Waals surface area contributed by atoms with E-state index in [1.165, 1.54) is 11.8 Å². The van der Waals surface area contributed by atoms with Gasteiger partial charge in [0.15, 0.2) is 0 Å². The third-order valence-electron chi connectivity index (χ3n) is 4.21. The van der Waals surface area contributed by atoms with Gasteiger partial charge >= 0.3 is 0 Å². The van der Waals surface area contributed by atoms with Crippen molar-refractivity contribution < 1.29 is 18.8 Å². The lowest BCUT2D eigenvalue weighted by atomic mass is 10.2. The van der Waals surface area contributed by atoms with Crippen molar-refractivity contribution in [2.75, 3.05) is 6.61 Å². The topological polar surface area (TPSA) is 93.5 Å². The molecule has 0 radical (unpaired) electrons. The summed E-state index contributed by atoms with van der Waals surface area (Å²) in [5, 5.41) is 3.95. The Bertz CT molecular complexity index is 780. The lowest BCUT2D eigenvalue weighted by Gasteiger charge is -2.13. The highest BCUT2D eigenvalue weighted by Gasteiger charge is 2.24. The van der Waals surface area contributed by atoms with E-state index in [-0.39, 0.29) is 11.8 Å². The summed E-state index contributed by atoms with van der Waals surface area (Å²) in [6.45, 7) is 4.34. The normalized spacial score (nSPS) is 16.5. The van der Waals surface area contributed by atoms with Crippen LogP contribution in [0.5, 0.6) is 0 Å². The summed E-state index contributed by atoms with van der Waals surface area (Å²) in [7, 11) is 0. The lowest BCUT2D eigenvalue weighted by molar-refractivity contribution is -0.130. The number of hydrogen-bond donors (Lipinski definition) is 2. The van der Waals surface area contributed by atoms with Gasteiger partial charge in [0, 0.05) is 22.8 Å². The molecule has 1 aromatic heterocycles. The number of nitrogens with one attached hydrogen (secondary N) is 2. The molecule has 2 heterocycles. The van der Waals surface area contributed by atoms with E-state index in [2.05, 4.69) is 16.0 Å². The first-order valence-corrected chi connectivity index (χ1v) is 9.40. The van der Waals surface area contributed by atoms with Gasteiger partial charge in [-0.3, -0.25) is 20.4 Å². The molecule has 0 bridgehead atoms. The second-order valence-corrected chi connectivity index (χ2v) is 7.05. The number of benzene rings is 1. The minimum absolute atomic E-state index is 0.322. The Kier molecular flexibility index (Phi) is 5.95. The van der Waals surface area contributed by atoms with Crippen LogP contribution in [0.25, 0.3) is 0 Å². The summed E-state index contributed by atoms with van der Waals surface area (Å²) >= 11 is 1.52. The molecule has 0 saturated carbocycles. The number of hydrazine groups is 1. The van der Waals surface area contributed by atoms with Crippen LogP contribution in [-0.4, -0.2) is 29.7 Å². The smallest absolute Gasteiger partial charge is 0.270 e. The van der Waals surface area contributed by atoms with Gasteiger partial charge in [-0.1, -0.05) is 17.3 Å². The molecule has 1 aromatic carbocycles. The van der Waals surface area contributed by atoms with Gasteiger partial charge in [-0.2, -0.15) is 0 Å². The Hall–Kier alpha value is -2.32. The molecule has 0 spiro atoms. The van der Waals surface area contributed by atoms with Gasteiger partial charge in [0.2, 0.25) is 0 Å². The molecule has 1 atom stereocenters. The zero-order valence-corrected chi connectivity index (χ0v) is 15.5. The molecule has 26 heavy (non-hydrogen) atoms. The molecule has 1 saturated heterocycles. The highest BCUT2D eigenvalue weighted by molar-refractivity contribution is 7.98. The third kappa shape index (κ3) is 4.25. The van der Waals surface area contributed by atoms with E-state index >= 15 is 0 Å². The van der Waals surface area contributed by atoms with E-state index in [4.69, 9.17) is 9.26 Å². The standard InChI is InChI=1S/C18H21N3O4S/c1-11-14(12(2)25-21-11)10-26-16-8-4-3-6-13(16)17(22)19-20-18(23)15-7-5-9-24-15/h3-4,6,8,15H,5,7,9-10H2,1-2H3,(H,19,22)(H,20,23). The van der Waals surface area contributed by atoms with Crippen LogP contribution in [0.3, 0.4) is 0 Å². The average Bonchev–Trinajstić information content (AvgIpc) is 3.29. The zero-order valence-electron chi connectivity index (χ0n) is 14.7. The molecular formula is C18H21N3O4S. The second kappa shape index (κ2) is 8.37. The third-order valence-corrected chi connectivity index (χ3v) is 5.31. The average molecular weight is 375 g/mol. The summed E-state index contributed by atoms with van der Waals surface area (Å²) in [6.07, 6.45) is 1.04. The molecule has 0 aliphatic carbocycles. The molecule has 3 rings (SSSR count).